The fourth-order valence-electron chi connectivity index (χ4n) is 2.55. The van der Waals surface area contributed by atoms with Crippen molar-refractivity contribution in [2.45, 2.75) is 57.4 Å². The molecule has 2 aromatic rings. The van der Waals surface area contributed by atoms with Gasteiger partial charge in [-0.15, -0.1) is 11.3 Å². The number of thioether (sulfide) groups is 1. The Morgan fingerprint density at radius 2 is 2.29 bits per heavy atom. The molecule has 3 rings (SSSR count). The lowest BCUT2D eigenvalue weighted by Gasteiger charge is -2.32. The van der Waals surface area contributed by atoms with Crippen molar-refractivity contribution in [2.75, 3.05) is 5.75 Å². The molecule has 0 amide bonds. The molecule has 0 spiro atoms. The first-order chi connectivity index (χ1) is 10.1. The Balaban J connectivity index is 2.07. The molecule has 0 fully saturated rings. The molecule has 0 aromatic carbocycles. The molecule has 6 heteroatoms. The average Bonchev–Trinajstić information content (AvgIpc) is 2.83. The molecule has 0 saturated heterocycles. The van der Waals surface area contributed by atoms with E-state index in [-0.39, 0.29) is 11.2 Å². The Morgan fingerprint density at radius 1 is 1.48 bits per heavy atom. The molecule has 0 radical (unpaired) electrons. The molecule has 114 valence electrons. The maximum atomic E-state index is 12.5. The van der Waals surface area contributed by atoms with Crippen LogP contribution in [0.2, 0.25) is 0 Å². The molecule has 4 nitrogen and oxygen atoms in total. The predicted octanol–water partition coefficient (Wildman–Crippen LogP) is 3.73. The van der Waals surface area contributed by atoms with Gasteiger partial charge in [-0.1, -0.05) is 25.6 Å². The molecule has 3 heterocycles. The van der Waals surface area contributed by atoms with Gasteiger partial charge >= 0.3 is 0 Å². The number of aromatic nitrogens is 2. The molecule has 0 bridgehead atoms. The van der Waals surface area contributed by atoms with Crippen molar-refractivity contribution in [3.05, 3.63) is 20.8 Å². The van der Waals surface area contributed by atoms with E-state index in [1.54, 1.807) is 23.1 Å². The topological polar surface area (TPSA) is 55.0 Å². The number of hydrogen-bond donors (Lipinski definition) is 1. The van der Waals surface area contributed by atoms with Crippen LogP contribution in [-0.2, 0) is 17.8 Å². The van der Waals surface area contributed by atoms with Gasteiger partial charge in [0.25, 0.3) is 5.56 Å². The van der Waals surface area contributed by atoms with Gasteiger partial charge in [-0.2, -0.15) is 0 Å². The summed E-state index contributed by atoms with van der Waals surface area (Å²) in [6.07, 6.45) is 2.81. The zero-order chi connectivity index (χ0) is 15.0. The number of thiophene rings is 1. The van der Waals surface area contributed by atoms with Crippen molar-refractivity contribution in [1.82, 2.24) is 9.97 Å². The number of fused-ring (bicyclic) bond motifs is 3. The monoisotopic (exact) mass is 324 g/mol. The molecular weight excluding hydrogens is 304 g/mol. The molecule has 1 atom stereocenters. The van der Waals surface area contributed by atoms with Gasteiger partial charge in [-0.25, -0.2) is 4.98 Å². The van der Waals surface area contributed by atoms with E-state index in [4.69, 9.17) is 4.74 Å². The summed E-state index contributed by atoms with van der Waals surface area (Å²) >= 11 is 3.21. The maximum Gasteiger partial charge on any atom is 0.260 e. The van der Waals surface area contributed by atoms with Crippen LogP contribution in [0.5, 0.6) is 0 Å². The number of nitrogens with one attached hydrogen (secondary N) is 1. The van der Waals surface area contributed by atoms with E-state index >= 15 is 0 Å². The molecular formula is C15H20N2O2S2. The van der Waals surface area contributed by atoms with Gasteiger partial charge < -0.3 is 9.72 Å². The van der Waals surface area contributed by atoms with Crippen LogP contribution in [0, 0.1) is 0 Å². The van der Waals surface area contributed by atoms with E-state index in [0.29, 0.717) is 6.61 Å². The summed E-state index contributed by atoms with van der Waals surface area (Å²) in [5.41, 5.74) is 0.978. The minimum Gasteiger partial charge on any atom is -0.369 e. The second-order valence-corrected chi connectivity index (χ2v) is 7.84. The Morgan fingerprint density at radius 3 is 3.00 bits per heavy atom. The van der Waals surface area contributed by atoms with Crippen LogP contribution in [0.15, 0.2) is 9.95 Å². The minimum absolute atomic E-state index is 0.00328. The lowest BCUT2D eigenvalue weighted by molar-refractivity contribution is -0.0543. The summed E-state index contributed by atoms with van der Waals surface area (Å²) < 4.78 is 5.97. The Bertz CT molecular complexity index is 722. The van der Waals surface area contributed by atoms with Crippen molar-refractivity contribution in [3.8, 4) is 0 Å². The lowest BCUT2D eigenvalue weighted by atomic mass is 9.90. The van der Waals surface area contributed by atoms with Crippen LogP contribution in [0.4, 0.5) is 0 Å². The van der Waals surface area contributed by atoms with Gasteiger partial charge in [0.2, 0.25) is 0 Å². The number of rotatable bonds is 4. The van der Waals surface area contributed by atoms with Crippen LogP contribution in [0.25, 0.3) is 10.2 Å². The van der Waals surface area contributed by atoms with Crippen molar-refractivity contribution >= 4 is 33.3 Å². The molecule has 1 aliphatic heterocycles. The van der Waals surface area contributed by atoms with Crippen LogP contribution in [-0.4, -0.2) is 21.3 Å². The van der Waals surface area contributed by atoms with E-state index < -0.39 is 0 Å². The number of aromatic amines is 1. The Hall–Kier alpha value is -0.850. The van der Waals surface area contributed by atoms with Crippen LogP contribution < -0.4 is 5.56 Å². The highest BCUT2D eigenvalue weighted by atomic mass is 32.2. The van der Waals surface area contributed by atoms with E-state index in [2.05, 4.69) is 30.7 Å². The van der Waals surface area contributed by atoms with Gasteiger partial charge in [0.15, 0.2) is 5.16 Å². The van der Waals surface area contributed by atoms with Gasteiger partial charge in [0.05, 0.1) is 17.6 Å². The molecule has 0 unspecified atom stereocenters. The highest BCUT2D eigenvalue weighted by Crippen LogP contribution is 2.38. The zero-order valence-corrected chi connectivity index (χ0v) is 14.2. The van der Waals surface area contributed by atoms with Crippen molar-refractivity contribution < 1.29 is 4.74 Å². The highest BCUT2D eigenvalue weighted by molar-refractivity contribution is 7.99. The summed E-state index contributed by atoms with van der Waals surface area (Å²) in [4.78, 5) is 22.0. The summed E-state index contributed by atoms with van der Waals surface area (Å²) in [5.74, 6) is 0.969. The van der Waals surface area contributed by atoms with Gasteiger partial charge in [0.1, 0.15) is 4.83 Å². The Kier molecular flexibility index (Phi) is 4.12. The van der Waals surface area contributed by atoms with E-state index in [9.17, 15) is 4.79 Å². The first-order valence-corrected chi connectivity index (χ1v) is 9.18. The number of nitrogens with zero attached hydrogens (tertiary/aromatic N) is 1. The predicted molar refractivity (Wildman–Crippen MR) is 88.4 cm³/mol. The lowest BCUT2D eigenvalue weighted by Crippen LogP contribution is -2.34. The second-order valence-electron chi connectivity index (χ2n) is 5.67. The summed E-state index contributed by atoms with van der Waals surface area (Å²) in [5, 5.41) is 1.51. The maximum absolute atomic E-state index is 12.5. The SMILES string of the molecule is CCCSc1nc2sc3c(c2c(=O)[nH]1)C[C@@](C)(CC)OC3. The third kappa shape index (κ3) is 2.76. The first-order valence-electron chi connectivity index (χ1n) is 7.37. The zero-order valence-electron chi connectivity index (χ0n) is 12.6. The summed E-state index contributed by atoms with van der Waals surface area (Å²) in [7, 11) is 0. The number of ether oxygens (including phenoxy) is 1. The smallest absolute Gasteiger partial charge is 0.260 e. The second kappa shape index (κ2) is 5.74. The van der Waals surface area contributed by atoms with Crippen LogP contribution in [0.1, 0.15) is 44.1 Å². The quantitative estimate of drug-likeness (QED) is 0.688. The van der Waals surface area contributed by atoms with E-state index in [1.165, 1.54) is 0 Å². The van der Waals surface area contributed by atoms with Crippen molar-refractivity contribution in [3.63, 3.8) is 0 Å². The average molecular weight is 324 g/mol. The van der Waals surface area contributed by atoms with E-state index in [1.807, 2.05) is 0 Å². The standard InChI is InChI=1S/C15H20N2O2S2/c1-4-6-20-14-16-12(18)11-9-7-15(3,5-2)19-8-10(9)21-13(11)17-14/h4-8H2,1-3H3,(H,16,17,18)/t15-/m1/s1. The normalized spacial score (nSPS) is 21.7. The third-order valence-electron chi connectivity index (χ3n) is 4.02. The molecule has 0 saturated carbocycles. The minimum atomic E-state index is -0.164. The highest BCUT2D eigenvalue weighted by Gasteiger charge is 2.32. The molecule has 1 N–H and O–H groups in total. The summed E-state index contributed by atoms with van der Waals surface area (Å²) in [6, 6.07) is 0. The molecule has 1 aliphatic rings. The fraction of sp³-hybridized carbons (Fsp3) is 0.600. The van der Waals surface area contributed by atoms with Crippen molar-refractivity contribution in [1.29, 1.82) is 0 Å². The van der Waals surface area contributed by atoms with E-state index in [0.717, 1.165) is 50.8 Å². The fourth-order valence-corrected chi connectivity index (χ4v) is 4.43. The molecule has 0 aliphatic carbocycles. The van der Waals surface area contributed by atoms with Crippen LogP contribution in [0.3, 0.4) is 0 Å². The molecule has 2 aromatic heterocycles. The van der Waals surface area contributed by atoms with Gasteiger partial charge in [0, 0.05) is 17.1 Å². The van der Waals surface area contributed by atoms with Crippen molar-refractivity contribution in [2.24, 2.45) is 0 Å². The molecule has 21 heavy (non-hydrogen) atoms. The number of hydrogen-bond acceptors (Lipinski definition) is 5. The Labute approximate surface area is 132 Å². The van der Waals surface area contributed by atoms with Gasteiger partial charge in [-0.3, -0.25) is 4.79 Å². The largest absolute Gasteiger partial charge is 0.369 e. The third-order valence-corrected chi connectivity index (χ3v) is 6.19. The van der Waals surface area contributed by atoms with Crippen LogP contribution >= 0.6 is 23.1 Å². The number of H-pyrrole nitrogens is 1. The van der Waals surface area contributed by atoms with Gasteiger partial charge in [-0.05, 0) is 25.3 Å². The summed E-state index contributed by atoms with van der Waals surface area (Å²) in [6.45, 7) is 6.96. The first kappa shape index (κ1) is 15.1.